The van der Waals surface area contributed by atoms with Crippen molar-refractivity contribution in [3.05, 3.63) is 22.3 Å². The van der Waals surface area contributed by atoms with Gasteiger partial charge in [-0.1, -0.05) is 0 Å². The number of thiazole rings is 1. The van der Waals surface area contributed by atoms with E-state index in [0.29, 0.717) is 22.3 Å². The zero-order valence-corrected chi connectivity index (χ0v) is 19.9. The number of aromatic nitrogens is 1. The van der Waals surface area contributed by atoms with E-state index in [9.17, 15) is 45.8 Å². The van der Waals surface area contributed by atoms with Gasteiger partial charge < -0.3 is 36.4 Å². The van der Waals surface area contributed by atoms with E-state index >= 15 is 0 Å². The van der Waals surface area contributed by atoms with Gasteiger partial charge in [0, 0.05) is 16.7 Å². The van der Waals surface area contributed by atoms with Crippen LogP contribution in [0.15, 0.2) is 16.7 Å². The number of thioether (sulfide) groups is 1. The molecule has 21 heteroatoms. The van der Waals surface area contributed by atoms with Gasteiger partial charge in [-0.2, -0.15) is 26.3 Å². The highest BCUT2D eigenvalue weighted by atomic mass is 32.2. The van der Waals surface area contributed by atoms with Crippen molar-refractivity contribution in [2.45, 2.75) is 30.2 Å². The van der Waals surface area contributed by atoms with Crippen molar-refractivity contribution in [1.82, 2.24) is 15.6 Å². The molecule has 0 aromatic carbocycles. The number of amides is 1. The number of esters is 1. The number of nitrogens with two attached hydrogens (primary N) is 1. The van der Waals surface area contributed by atoms with Crippen molar-refractivity contribution in [3.63, 3.8) is 0 Å². The molecule has 1 amide bonds. The fraction of sp³-hybridized carbons (Fsp3) is 0.412. The summed E-state index contributed by atoms with van der Waals surface area (Å²) in [6, 6.07) is -1.19. The molecule has 7 N–H and O–H groups in total. The number of anilines is 1. The Bertz CT molecular complexity index is 1080. The van der Waals surface area contributed by atoms with Gasteiger partial charge in [-0.25, -0.2) is 24.2 Å². The number of halogens is 6. The maximum atomic E-state index is 12.1. The lowest BCUT2D eigenvalue weighted by Crippen LogP contribution is -2.54. The number of carboxylic acid groups (broad SMARTS) is 3. The summed E-state index contributed by atoms with van der Waals surface area (Å²) >= 11 is 2.51. The maximum Gasteiger partial charge on any atom is 0.490 e. The summed E-state index contributed by atoms with van der Waals surface area (Å²) in [6.45, 7) is 0.218. The third-order valence-electron chi connectivity index (χ3n) is 3.94. The number of rotatable bonds is 5. The molecule has 1 aromatic heterocycles. The first-order valence-corrected chi connectivity index (χ1v) is 11.3. The number of hydrogen-bond donors (Lipinski definition) is 6. The topological polar surface area (TPSA) is 218 Å². The number of nitrogen functional groups attached to an aromatic ring is 1. The van der Waals surface area contributed by atoms with Gasteiger partial charge in [-0.05, 0) is 0 Å². The smallest absolute Gasteiger partial charge is 0.480 e. The Morgan fingerprint density at radius 1 is 1.13 bits per heavy atom. The monoisotopic (exact) mass is 598 g/mol. The number of aliphatic carboxylic acids is 3. The van der Waals surface area contributed by atoms with Crippen molar-refractivity contribution in [2.24, 2.45) is 0 Å². The first-order valence-electron chi connectivity index (χ1n) is 9.42. The summed E-state index contributed by atoms with van der Waals surface area (Å²) in [7, 11) is 0. The molecule has 2 unspecified atom stereocenters. The van der Waals surface area contributed by atoms with Gasteiger partial charge in [0.25, 0.3) is 0 Å². The van der Waals surface area contributed by atoms with Crippen LogP contribution in [-0.4, -0.2) is 86.2 Å². The number of carbonyl (C=O) groups excluding carboxylic acids is 2. The van der Waals surface area contributed by atoms with Gasteiger partial charge in [0.2, 0.25) is 5.91 Å². The number of nitrogens with one attached hydrogen (secondary N) is 2. The van der Waals surface area contributed by atoms with E-state index in [4.69, 9.17) is 30.3 Å². The molecular weight excluding hydrogens is 582 g/mol. The van der Waals surface area contributed by atoms with E-state index in [1.807, 2.05) is 0 Å². The van der Waals surface area contributed by atoms with Crippen LogP contribution < -0.4 is 16.4 Å². The molecule has 0 fully saturated rings. The zero-order chi connectivity index (χ0) is 29.4. The van der Waals surface area contributed by atoms with E-state index in [-0.39, 0.29) is 13.0 Å². The fourth-order valence-electron chi connectivity index (χ4n) is 2.33. The largest absolute Gasteiger partial charge is 0.490 e. The SMILES string of the molecule is Nc1nc(CC(=O)NC(C(=O)O)C2NC3=C(COC3=O)CS2)cs1.O=C(O)C(F)(F)F.O=C(O)C(F)(F)F. The standard InChI is InChI=1S/C13H14N4O5S2.2C2HF3O2/c14-13-15-6(4-24-13)1-7(18)16-9(11(19)20)10-17-8-5(3-23-10)2-22-12(8)21;2*3-2(4,5)1(6)7/h4,9-10,17H,1-3H2,(H2,14,15)(H,16,18)(H,19,20);2*(H,6,7). The first-order chi connectivity index (χ1) is 17.3. The van der Waals surface area contributed by atoms with Gasteiger partial charge in [-0.3, -0.25) is 4.79 Å². The average Bonchev–Trinajstić information content (AvgIpc) is 3.36. The first kappa shape index (κ1) is 32.3. The van der Waals surface area contributed by atoms with Crippen LogP contribution in [0.2, 0.25) is 0 Å². The van der Waals surface area contributed by atoms with Crippen LogP contribution in [0.1, 0.15) is 5.69 Å². The van der Waals surface area contributed by atoms with Crippen LogP contribution in [0.25, 0.3) is 0 Å². The molecule has 2 atom stereocenters. The Morgan fingerprint density at radius 2 is 1.66 bits per heavy atom. The number of nitrogens with zero attached hydrogens (tertiary/aromatic N) is 1. The molecule has 38 heavy (non-hydrogen) atoms. The Kier molecular flexibility index (Phi) is 11.2. The molecule has 0 saturated heterocycles. The third-order valence-corrected chi connectivity index (χ3v) is 5.93. The molecule has 1 aromatic rings. The highest BCUT2D eigenvalue weighted by Crippen LogP contribution is 2.28. The van der Waals surface area contributed by atoms with Crippen LogP contribution in [-0.2, 0) is 35.1 Å². The van der Waals surface area contributed by atoms with Crippen LogP contribution in [0.3, 0.4) is 0 Å². The number of hydrogen-bond acceptors (Lipinski definition) is 11. The third kappa shape index (κ3) is 10.3. The van der Waals surface area contributed by atoms with E-state index < -0.39 is 53.6 Å². The second-order valence-electron chi connectivity index (χ2n) is 6.77. The van der Waals surface area contributed by atoms with Crippen molar-refractivity contribution in [2.75, 3.05) is 18.1 Å². The number of cyclic esters (lactones) is 1. The minimum atomic E-state index is -5.08. The molecule has 3 heterocycles. The second kappa shape index (κ2) is 13.2. The lowest BCUT2D eigenvalue weighted by atomic mass is 10.2. The molecule has 2 aliphatic heterocycles. The summed E-state index contributed by atoms with van der Waals surface area (Å²) in [4.78, 5) is 57.0. The number of ether oxygens (including phenoxy) is 1. The zero-order valence-electron chi connectivity index (χ0n) is 18.3. The van der Waals surface area contributed by atoms with E-state index in [0.717, 1.165) is 5.57 Å². The van der Waals surface area contributed by atoms with E-state index in [1.54, 1.807) is 5.38 Å². The molecule has 3 rings (SSSR count). The second-order valence-corrected chi connectivity index (χ2v) is 8.79. The number of alkyl halides is 6. The van der Waals surface area contributed by atoms with E-state index in [1.165, 1.54) is 23.1 Å². The van der Waals surface area contributed by atoms with Gasteiger partial charge in [0.05, 0.1) is 12.1 Å². The minimum absolute atomic E-state index is 0.0646. The van der Waals surface area contributed by atoms with Crippen molar-refractivity contribution in [3.8, 4) is 0 Å². The molecule has 0 radical (unpaired) electrons. The predicted molar refractivity (Wildman–Crippen MR) is 115 cm³/mol. The summed E-state index contributed by atoms with van der Waals surface area (Å²) in [5.41, 5.74) is 7.08. The Balaban J connectivity index is 0.000000426. The van der Waals surface area contributed by atoms with Crippen LogP contribution in [0.5, 0.6) is 0 Å². The summed E-state index contributed by atoms with van der Waals surface area (Å²) in [5, 5.41) is 30.3. The highest BCUT2D eigenvalue weighted by Gasteiger charge is 2.39. The molecular formula is C17H16F6N4O9S2. The summed E-state index contributed by atoms with van der Waals surface area (Å²) in [5.74, 6) is -7.21. The normalized spacial score (nSPS) is 17.3. The van der Waals surface area contributed by atoms with Gasteiger partial charge in [0.1, 0.15) is 17.7 Å². The number of carbonyl (C=O) groups is 5. The van der Waals surface area contributed by atoms with Crippen molar-refractivity contribution >= 4 is 58.0 Å². The Morgan fingerprint density at radius 3 is 2.08 bits per heavy atom. The predicted octanol–water partition coefficient (Wildman–Crippen LogP) is 0.577. The Labute approximate surface area is 215 Å². The minimum Gasteiger partial charge on any atom is -0.480 e. The lowest BCUT2D eigenvalue weighted by molar-refractivity contribution is -0.193. The summed E-state index contributed by atoms with van der Waals surface area (Å²) < 4.78 is 68.4. The van der Waals surface area contributed by atoms with Gasteiger partial charge in [-0.15, -0.1) is 23.1 Å². The maximum absolute atomic E-state index is 12.1. The van der Waals surface area contributed by atoms with Crippen LogP contribution in [0.4, 0.5) is 31.5 Å². The summed E-state index contributed by atoms with van der Waals surface area (Å²) in [6.07, 6.45) is -10.2. The molecule has 212 valence electrons. The average molecular weight is 598 g/mol. The fourth-order valence-corrected chi connectivity index (χ4v) is 4.08. The van der Waals surface area contributed by atoms with Crippen LogP contribution >= 0.6 is 23.1 Å². The molecule has 0 bridgehead atoms. The molecule has 0 saturated carbocycles. The van der Waals surface area contributed by atoms with Gasteiger partial charge in [0.15, 0.2) is 11.2 Å². The Hall–Kier alpha value is -3.75. The van der Waals surface area contributed by atoms with Crippen LogP contribution in [0, 0.1) is 0 Å². The molecule has 0 spiro atoms. The lowest BCUT2D eigenvalue weighted by Gasteiger charge is -2.29. The molecule has 0 aliphatic carbocycles. The van der Waals surface area contributed by atoms with Gasteiger partial charge >= 0.3 is 36.2 Å². The molecule has 13 nitrogen and oxygen atoms in total. The highest BCUT2D eigenvalue weighted by molar-refractivity contribution is 8.00. The van der Waals surface area contributed by atoms with Crippen molar-refractivity contribution in [1.29, 1.82) is 0 Å². The van der Waals surface area contributed by atoms with E-state index in [2.05, 4.69) is 15.6 Å². The van der Waals surface area contributed by atoms with Crippen molar-refractivity contribution < 1.29 is 70.4 Å². The quantitative estimate of drug-likeness (QED) is 0.202. The molecule has 2 aliphatic rings. The number of carboxylic acids is 3.